The SMILES string of the molecule is Cc1cc2c(cc1C)[C@@H](Nc1nc(N)nc(C(C)(C)F)n1)CC2. The molecule has 1 aromatic carbocycles. The quantitative estimate of drug-likeness (QED) is 0.908. The number of rotatable bonds is 3. The lowest BCUT2D eigenvalue weighted by molar-refractivity contribution is 0.206. The second-order valence-corrected chi connectivity index (χ2v) is 6.68. The average Bonchev–Trinajstić information content (AvgIpc) is 2.80. The van der Waals surface area contributed by atoms with Gasteiger partial charge in [-0.2, -0.15) is 15.0 Å². The molecular weight excluding hydrogens is 293 g/mol. The van der Waals surface area contributed by atoms with E-state index in [0.717, 1.165) is 12.8 Å². The third kappa shape index (κ3) is 3.11. The van der Waals surface area contributed by atoms with E-state index in [1.807, 2.05) is 0 Å². The molecule has 1 heterocycles. The van der Waals surface area contributed by atoms with Gasteiger partial charge in [-0.25, -0.2) is 4.39 Å². The molecule has 5 nitrogen and oxygen atoms in total. The topological polar surface area (TPSA) is 76.7 Å². The Morgan fingerprint density at radius 1 is 1.17 bits per heavy atom. The molecule has 3 N–H and O–H groups in total. The van der Waals surface area contributed by atoms with Crippen LogP contribution in [0.25, 0.3) is 0 Å². The van der Waals surface area contributed by atoms with Gasteiger partial charge < -0.3 is 11.1 Å². The van der Waals surface area contributed by atoms with Crippen molar-refractivity contribution in [3.8, 4) is 0 Å². The molecule has 0 fully saturated rings. The molecule has 0 bridgehead atoms. The van der Waals surface area contributed by atoms with Gasteiger partial charge in [0.05, 0.1) is 6.04 Å². The Hall–Kier alpha value is -2.24. The Morgan fingerprint density at radius 3 is 2.57 bits per heavy atom. The number of benzene rings is 1. The highest BCUT2D eigenvalue weighted by molar-refractivity contribution is 5.46. The third-order valence-electron chi connectivity index (χ3n) is 4.32. The monoisotopic (exact) mass is 315 g/mol. The highest BCUT2D eigenvalue weighted by Gasteiger charge is 2.27. The molecule has 3 rings (SSSR count). The Balaban J connectivity index is 1.91. The van der Waals surface area contributed by atoms with Crippen LogP contribution in [0.3, 0.4) is 0 Å². The number of halogens is 1. The highest BCUT2D eigenvalue weighted by atomic mass is 19.1. The fraction of sp³-hybridized carbons (Fsp3) is 0.471. The second-order valence-electron chi connectivity index (χ2n) is 6.68. The Labute approximate surface area is 135 Å². The predicted molar refractivity (Wildman–Crippen MR) is 89.0 cm³/mol. The molecule has 122 valence electrons. The fourth-order valence-electron chi connectivity index (χ4n) is 2.92. The molecule has 1 atom stereocenters. The zero-order chi connectivity index (χ0) is 16.8. The normalized spacial score (nSPS) is 17.2. The largest absolute Gasteiger partial charge is 0.368 e. The van der Waals surface area contributed by atoms with Crippen molar-refractivity contribution in [2.45, 2.75) is 52.2 Å². The number of fused-ring (bicyclic) bond motifs is 1. The van der Waals surface area contributed by atoms with Crippen molar-refractivity contribution in [1.82, 2.24) is 15.0 Å². The number of nitrogens with zero attached hydrogens (tertiary/aromatic N) is 3. The lowest BCUT2D eigenvalue weighted by Crippen LogP contribution is -2.19. The van der Waals surface area contributed by atoms with Gasteiger partial charge in [0.2, 0.25) is 11.9 Å². The van der Waals surface area contributed by atoms with E-state index in [0.29, 0.717) is 5.95 Å². The van der Waals surface area contributed by atoms with E-state index in [4.69, 9.17) is 5.73 Å². The van der Waals surface area contributed by atoms with Crippen LogP contribution in [0.5, 0.6) is 0 Å². The molecule has 1 aromatic heterocycles. The van der Waals surface area contributed by atoms with Gasteiger partial charge in [0.25, 0.3) is 0 Å². The lowest BCUT2D eigenvalue weighted by atomic mass is 10.0. The van der Waals surface area contributed by atoms with E-state index in [1.165, 1.54) is 36.1 Å². The molecule has 6 heteroatoms. The Bertz CT molecular complexity index is 751. The minimum Gasteiger partial charge on any atom is -0.368 e. The van der Waals surface area contributed by atoms with Crippen molar-refractivity contribution in [1.29, 1.82) is 0 Å². The Kier molecular flexibility index (Phi) is 3.70. The van der Waals surface area contributed by atoms with Crippen LogP contribution in [-0.2, 0) is 12.1 Å². The molecule has 0 amide bonds. The molecule has 1 aliphatic rings. The summed E-state index contributed by atoms with van der Waals surface area (Å²) in [5, 5.41) is 3.29. The first-order valence-corrected chi connectivity index (χ1v) is 7.81. The van der Waals surface area contributed by atoms with Gasteiger partial charge in [-0.15, -0.1) is 0 Å². The Morgan fingerprint density at radius 2 is 1.87 bits per heavy atom. The first-order chi connectivity index (χ1) is 10.7. The molecular formula is C17H22FN5. The molecule has 0 saturated carbocycles. The van der Waals surface area contributed by atoms with Gasteiger partial charge in [-0.3, -0.25) is 0 Å². The maximum atomic E-state index is 14.1. The third-order valence-corrected chi connectivity index (χ3v) is 4.32. The van der Waals surface area contributed by atoms with Gasteiger partial charge in [0, 0.05) is 0 Å². The van der Waals surface area contributed by atoms with Gasteiger partial charge in [-0.05, 0) is 62.8 Å². The summed E-state index contributed by atoms with van der Waals surface area (Å²) in [4.78, 5) is 12.2. The van der Waals surface area contributed by atoms with Gasteiger partial charge in [-0.1, -0.05) is 12.1 Å². The number of nitrogens with one attached hydrogen (secondary N) is 1. The maximum absolute atomic E-state index is 14.1. The number of aryl methyl sites for hydroxylation is 3. The number of aromatic nitrogens is 3. The van der Waals surface area contributed by atoms with E-state index in [2.05, 4.69) is 46.2 Å². The van der Waals surface area contributed by atoms with Crippen LogP contribution < -0.4 is 11.1 Å². The smallest absolute Gasteiger partial charge is 0.228 e. The fourth-order valence-corrected chi connectivity index (χ4v) is 2.92. The van der Waals surface area contributed by atoms with E-state index in [9.17, 15) is 4.39 Å². The van der Waals surface area contributed by atoms with E-state index in [-0.39, 0.29) is 17.8 Å². The first-order valence-electron chi connectivity index (χ1n) is 7.81. The van der Waals surface area contributed by atoms with Crippen LogP contribution in [0.1, 0.15) is 54.4 Å². The summed E-state index contributed by atoms with van der Waals surface area (Å²) in [6, 6.07) is 4.56. The predicted octanol–water partition coefficient (Wildman–Crippen LogP) is 3.37. The first kappa shape index (κ1) is 15.6. The van der Waals surface area contributed by atoms with E-state index < -0.39 is 5.67 Å². The molecule has 0 saturated heterocycles. The summed E-state index contributed by atoms with van der Waals surface area (Å²) >= 11 is 0. The van der Waals surface area contributed by atoms with Crippen LogP contribution in [0.2, 0.25) is 0 Å². The van der Waals surface area contributed by atoms with Gasteiger partial charge in [0.15, 0.2) is 11.5 Å². The van der Waals surface area contributed by atoms with Crippen molar-refractivity contribution in [2.75, 3.05) is 11.1 Å². The minimum absolute atomic E-state index is 0.0292. The van der Waals surface area contributed by atoms with Crippen molar-refractivity contribution in [3.05, 3.63) is 40.2 Å². The zero-order valence-corrected chi connectivity index (χ0v) is 13.9. The summed E-state index contributed by atoms with van der Waals surface area (Å²) in [5.41, 5.74) is 9.21. The molecule has 1 aliphatic carbocycles. The summed E-state index contributed by atoms with van der Waals surface area (Å²) < 4.78 is 14.1. The van der Waals surface area contributed by atoms with Crippen molar-refractivity contribution < 1.29 is 4.39 Å². The summed E-state index contributed by atoms with van der Waals surface area (Å²) in [6.07, 6.45) is 1.97. The summed E-state index contributed by atoms with van der Waals surface area (Å²) in [5.74, 6) is 0.404. The molecule has 0 radical (unpaired) electrons. The van der Waals surface area contributed by atoms with E-state index in [1.54, 1.807) is 0 Å². The van der Waals surface area contributed by atoms with Crippen molar-refractivity contribution in [3.63, 3.8) is 0 Å². The number of hydrogen-bond donors (Lipinski definition) is 2. The maximum Gasteiger partial charge on any atom is 0.228 e. The van der Waals surface area contributed by atoms with Crippen molar-refractivity contribution >= 4 is 11.9 Å². The number of nitrogens with two attached hydrogens (primary N) is 1. The molecule has 0 aliphatic heterocycles. The lowest BCUT2D eigenvalue weighted by Gasteiger charge is -2.18. The molecule has 23 heavy (non-hydrogen) atoms. The van der Waals surface area contributed by atoms with Gasteiger partial charge in [0.1, 0.15) is 0 Å². The summed E-state index contributed by atoms with van der Waals surface area (Å²) in [7, 11) is 0. The summed E-state index contributed by atoms with van der Waals surface area (Å²) in [6.45, 7) is 7.04. The van der Waals surface area contributed by atoms with Crippen LogP contribution >= 0.6 is 0 Å². The highest BCUT2D eigenvalue weighted by Crippen LogP contribution is 2.35. The number of hydrogen-bond acceptors (Lipinski definition) is 5. The second kappa shape index (κ2) is 5.44. The zero-order valence-electron chi connectivity index (χ0n) is 13.9. The number of nitrogen functional groups attached to an aromatic ring is 1. The van der Waals surface area contributed by atoms with Crippen LogP contribution in [0.15, 0.2) is 12.1 Å². The molecule has 2 aromatic rings. The van der Waals surface area contributed by atoms with Gasteiger partial charge >= 0.3 is 0 Å². The molecule has 0 unspecified atom stereocenters. The van der Waals surface area contributed by atoms with Crippen molar-refractivity contribution in [2.24, 2.45) is 0 Å². The number of anilines is 2. The average molecular weight is 315 g/mol. The van der Waals surface area contributed by atoms with Crippen LogP contribution in [0.4, 0.5) is 16.3 Å². The minimum atomic E-state index is -1.66. The standard InChI is InChI=1S/C17H22FN5/c1-9-7-11-5-6-13(12(11)8-10(9)2)20-16-22-14(17(3,4)18)21-15(19)23-16/h7-8,13H,5-6H2,1-4H3,(H3,19,20,21,22,23)/t13-/m0/s1. The molecule has 0 spiro atoms. The van der Waals surface area contributed by atoms with Crippen LogP contribution in [0, 0.1) is 13.8 Å². The van der Waals surface area contributed by atoms with Crippen LogP contribution in [-0.4, -0.2) is 15.0 Å². The number of alkyl halides is 1. The van der Waals surface area contributed by atoms with E-state index >= 15 is 0 Å².